The molecule has 184 valence electrons. The molecule has 0 bridgehead atoms. The predicted molar refractivity (Wildman–Crippen MR) is 148 cm³/mol. The number of pyridine rings is 1. The number of carbonyl (C=O) groups is 1. The second-order valence-electron chi connectivity index (χ2n) is 10.3. The number of rotatable bonds is 7. The highest BCUT2D eigenvalue weighted by atomic mass is 35.5. The van der Waals surface area contributed by atoms with Crippen LogP contribution >= 0.6 is 24.8 Å². The highest BCUT2D eigenvalue weighted by Crippen LogP contribution is 2.29. The van der Waals surface area contributed by atoms with Crippen molar-refractivity contribution in [2.45, 2.75) is 58.3 Å². The molecule has 0 spiro atoms. The van der Waals surface area contributed by atoms with Gasteiger partial charge in [0.15, 0.2) is 5.78 Å². The average molecular weight is 502 g/mol. The standard InChI is InChI=1S/C29H36N2O.2ClH/c1-29(2,3)28-21-25(24-11-7-8-12-26(24)30-28)27(32)14-13-23-16-19-31(20-17-23)18-15-22-9-5-4-6-10-22;;/h4-12,21,23H,13-20H2,1-3H3;2*1H. The van der Waals surface area contributed by atoms with Gasteiger partial charge in [0.05, 0.1) is 5.52 Å². The predicted octanol–water partition coefficient (Wildman–Crippen LogP) is 7.29. The fraction of sp³-hybridized carbons (Fsp3) is 0.448. The molecule has 0 unspecified atom stereocenters. The Kier molecular flexibility index (Phi) is 10.5. The lowest BCUT2D eigenvalue weighted by Crippen LogP contribution is -2.35. The van der Waals surface area contributed by atoms with Crippen LogP contribution in [0, 0.1) is 5.92 Å². The summed E-state index contributed by atoms with van der Waals surface area (Å²) in [7, 11) is 0. The lowest BCUT2D eigenvalue weighted by Gasteiger charge is -2.32. The molecule has 1 aromatic heterocycles. The first-order valence-electron chi connectivity index (χ1n) is 12.1. The molecule has 0 saturated carbocycles. The number of piperidine rings is 1. The first-order valence-corrected chi connectivity index (χ1v) is 12.1. The van der Waals surface area contributed by atoms with E-state index < -0.39 is 0 Å². The van der Waals surface area contributed by atoms with Crippen LogP contribution in [0.3, 0.4) is 0 Å². The number of Topliss-reactive ketones (excluding diaryl/α,β-unsaturated/α-hetero) is 1. The van der Waals surface area contributed by atoms with Gasteiger partial charge in [0.1, 0.15) is 0 Å². The summed E-state index contributed by atoms with van der Waals surface area (Å²) in [6.45, 7) is 9.90. The molecule has 0 radical (unpaired) electrons. The number of halogens is 2. The van der Waals surface area contributed by atoms with E-state index in [1.54, 1.807) is 0 Å². The highest BCUT2D eigenvalue weighted by molar-refractivity contribution is 6.07. The van der Waals surface area contributed by atoms with Gasteiger partial charge in [-0.05, 0) is 62.4 Å². The molecule has 2 aromatic carbocycles. The first-order chi connectivity index (χ1) is 15.4. The Bertz CT molecular complexity index is 1050. The van der Waals surface area contributed by atoms with Crippen molar-refractivity contribution in [3.05, 3.63) is 77.5 Å². The summed E-state index contributed by atoms with van der Waals surface area (Å²) in [5, 5.41) is 0.987. The van der Waals surface area contributed by atoms with Crippen LogP contribution in [0.15, 0.2) is 60.7 Å². The number of carbonyl (C=O) groups excluding carboxylic acids is 1. The van der Waals surface area contributed by atoms with Crippen molar-refractivity contribution in [3.63, 3.8) is 0 Å². The molecule has 3 nitrogen and oxygen atoms in total. The third kappa shape index (κ3) is 7.28. The van der Waals surface area contributed by atoms with E-state index in [0.717, 1.165) is 54.6 Å². The summed E-state index contributed by atoms with van der Waals surface area (Å²) in [5.41, 5.74) is 4.10. The van der Waals surface area contributed by atoms with Crippen molar-refractivity contribution in [1.82, 2.24) is 9.88 Å². The topological polar surface area (TPSA) is 33.2 Å². The van der Waals surface area contributed by atoms with Crippen molar-refractivity contribution in [2.24, 2.45) is 5.92 Å². The zero-order valence-corrected chi connectivity index (χ0v) is 22.3. The number of likely N-dealkylation sites (tertiary alicyclic amines) is 1. The monoisotopic (exact) mass is 500 g/mol. The van der Waals surface area contributed by atoms with Crippen molar-refractivity contribution < 1.29 is 4.79 Å². The minimum absolute atomic E-state index is 0. The van der Waals surface area contributed by atoms with E-state index in [9.17, 15) is 4.79 Å². The Morgan fingerprint density at radius 1 is 0.971 bits per heavy atom. The van der Waals surface area contributed by atoms with Crippen molar-refractivity contribution in [2.75, 3.05) is 19.6 Å². The van der Waals surface area contributed by atoms with E-state index in [-0.39, 0.29) is 36.0 Å². The molecule has 3 aromatic rings. The Morgan fingerprint density at radius 2 is 1.62 bits per heavy atom. The molecule has 4 rings (SSSR count). The third-order valence-corrected chi connectivity index (χ3v) is 6.83. The van der Waals surface area contributed by atoms with Crippen LogP contribution in [0.2, 0.25) is 0 Å². The molecule has 1 fully saturated rings. The van der Waals surface area contributed by atoms with Crippen LogP contribution in [0.4, 0.5) is 0 Å². The van der Waals surface area contributed by atoms with Crippen molar-refractivity contribution in [1.29, 1.82) is 0 Å². The molecule has 34 heavy (non-hydrogen) atoms. The van der Waals surface area contributed by atoms with E-state index in [2.05, 4.69) is 56.0 Å². The number of benzene rings is 2. The minimum atomic E-state index is -0.0777. The van der Waals surface area contributed by atoms with Gasteiger partial charge in [-0.1, -0.05) is 69.3 Å². The second-order valence-corrected chi connectivity index (χ2v) is 10.3. The molecule has 0 N–H and O–H groups in total. The molecule has 0 aliphatic carbocycles. The van der Waals surface area contributed by atoms with E-state index in [1.807, 2.05) is 30.3 Å². The number of ketones is 1. The molecular weight excluding hydrogens is 463 g/mol. The van der Waals surface area contributed by atoms with Gasteiger partial charge in [-0.2, -0.15) is 0 Å². The number of para-hydroxylation sites is 1. The molecule has 1 aliphatic heterocycles. The molecule has 1 aliphatic rings. The van der Waals surface area contributed by atoms with Gasteiger partial charge >= 0.3 is 0 Å². The van der Waals surface area contributed by atoms with Gasteiger partial charge in [0.2, 0.25) is 0 Å². The highest BCUT2D eigenvalue weighted by Gasteiger charge is 2.23. The molecule has 1 saturated heterocycles. The van der Waals surface area contributed by atoms with E-state index >= 15 is 0 Å². The minimum Gasteiger partial charge on any atom is -0.303 e. The van der Waals surface area contributed by atoms with Gasteiger partial charge in [-0.3, -0.25) is 9.78 Å². The number of hydrogen-bond donors (Lipinski definition) is 0. The van der Waals surface area contributed by atoms with Gasteiger partial charge in [0, 0.05) is 35.0 Å². The molecule has 0 amide bonds. The molecular formula is C29H38Cl2N2O. The maximum atomic E-state index is 13.3. The molecule has 0 atom stereocenters. The first kappa shape index (κ1) is 28.3. The summed E-state index contributed by atoms with van der Waals surface area (Å²) in [6.07, 6.45) is 5.15. The Labute approximate surface area is 217 Å². The zero-order chi connectivity index (χ0) is 22.6. The number of fused-ring (bicyclic) bond motifs is 1. The summed E-state index contributed by atoms with van der Waals surface area (Å²) in [5.74, 6) is 0.919. The van der Waals surface area contributed by atoms with E-state index in [0.29, 0.717) is 12.3 Å². The number of nitrogens with zero attached hydrogens (tertiary/aromatic N) is 2. The van der Waals surface area contributed by atoms with Crippen LogP contribution in [0.5, 0.6) is 0 Å². The zero-order valence-electron chi connectivity index (χ0n) is 20.6. The van der Waals surface area contributed by atoms with Gasteiger partial charge < -0.3 is 4.90 Å². The third-order valence-electron chi connectivity index (χ3n) is 6.83. The van der Waals surface area contributed by atoms with Crippen molar-refractivity contribution in [3.8, 4) is 0 Å². The molecule has 5 heteroatoms. The fourth-order valence-corrected chi connectivity index (χ4v) is 4.69. The van der Waals surface area contributed by atoms with Crippen molar-refractivity contribution >= 4 is 41.5 Å². The van der Waals surface area contributed by atoms with Crippen LogP contribution in [0.1, 0.15) is 68.1 Å². The Hall–Kier alpha value is -1.94. The van der Waals surface area contributed by atoms with Crippen LogP contribution < -0.4 is 0 Å². The summed E-state index contributed by atoms with van der Waals surface area (Å²) in [4.78, 5) is 20.7. The SMILES string of the molecule is CC(C)(C)c1cc(C(=O)CCC2CCN(CCc3ccccc3)CC2)c2ccccc2n1.Cl.Cl. The van der Waals surface area contributed by atoms with E-state index in [4.69, 9.17) is 4.98 Å². The lowest BCUT2D eigenvalue weighted by atomic mass is 9.87. The Balaban J connectivity index is 0.00000204. The van der Waals surface area contributed by atoms with Gasteiger partial charge in [-0.15, -0.1) is 24.8 Å². The summed E-state index contributed by atoms with van der Waals surface area (Å²) < 4.78 is 0. The summed E-state index contributed by atoms with van der Waals surface area (Å²) >= 11 is 0. The quantitative estimate of drug-likeness (QED) is 0.319. The molecule has 2 heterocycles. The average Bonchev–Trinajstić information content (AvgIpc) is 2.81. The van der Waals surface area contributed by atoms with E-state index in [1.165, 1.54) is 18.4 Å². The van der Waals surface area contributed by atoms with Crippen LogP contribution in [0.25, 0.3) is 10.9 Å². The number of aromatic nitrogens is 1. The normalized spacial score (nSPS) is 14.9. The lowest BCUT2D eigenvalue weighted by molar-refractivity contribution is 0.0964. The number of hydrogen-bond acceptors (Lipinski definition) is 3. The van der Waals surface area contributed by atoms with Crippen LogP contribution in [-0.2, 0) is 11.8 Å². The summed E-state index contributed by atoms with van der Waals surface area (Å²) in [6, 6.07) is 20.8. The van der Waals surface area contributed by atoms with Gasteiger partial charge in [0.25, 0.3) is 0 Å². The smallest absolute Gasteiger partial charge is 0.163 e. The Morgan fingerprint density at radius 3 is 2.29 bits per heavy atom. The van der Waals surface area contributed by atoms with Gasteiger partial charge in [-0.25, -0.2) is 0 Å². The largest absolute Gasteiger partial charge is 0.303 e. The maximum Gasteiger partial charge on any atom is 0.163 e. The maximum absolute atomic E-state index is 13.3. The second kappa shape index (κ2) is 12.7. The van der Waals surface area contributed by atoms with Crippen LogP contribution in [-0.4, -0.2) is 35.3 Å². The fourth-order valence-electron chi connectivity index (χ4n) is 4.69.